The SMILES string of the molecule is CCc1ccc(OC)c2ccsc12. The van der Waals surface area contributed by atoms with E-state index in [0.717, 1.165) is 12.2 Å². The molecule has 2 heteroatoms. The van der Waals surface area contributed by atoms with E-state index in [2.05, 4.69) is 24.4 Å². The third-order valence-electron chi connectivity index (χ3n) is 2.26. The summed E-state index contributed by atoms with van der Waals surface area (Å²) < 4.78 is 6.65. The van der Waals surface area contributed by atoms with Crippen molar-refractivity contribution in [3.63, 3.8) is 0 Å². The van der Waals surface area contributed by atoms with Crippen molar-refractivity contribution >= 4 is 21.4 Å². The second-order valence-electron chi connectivity index (χ2n) is 2.94. The van der Waals surface area contributed by atoms with Crippen molar-refractivity contribution in [1.82, 2.24) is 0 Å². The molecule has 1 aromatic carbocycles. The van der Waals surface area contributed by atoms with Crippen LogP contribution in [0.4, 0.5) is 0 Å². The number of hydrogen-bond acceptors (Lipinski definition) is 2. The van der Waals surface area contributed by atoms with E-state index in [0.29, 0.717) is 0 Å². The van der Waals surface area contributed by atoms with Crippen LogP contribution in [0.2, 0.25) is 0 Å². The molecule has 1 aromatic heterocycles. The Bertz CT molecular complexity index is 379. The van der Waals surface area contributed by atoms with Crippen molar-refractivity contribution in [1.29, 1.82) is 0 Å². The monoisotopic (exact) mass is 192 g/mol. The number of benzene rings is 1. The highest BCUT2D eigenvalue weighted by Crippen LogP contribution is 2.32. The zero-order valence-electron chi connectivity index (χ0n) is 7.83. The molecule has 0 amide bonds. The zero-order valence-corrected chi connectivity index (χ0v) is 8.65. The Morgan fingerprint density at radius 2 is 2.15 bits per heavy atom. The van der Waals surface area contributed by atoms with Crippen LogP contribution in [0.3, 0.4) is 0 Å². The molecule has 0 saturated heterocycles. The summed E-state index contributed by atoms with van der Waals surface area (Å²) in [5.74, 6) is 0.980. The van der Waals surface area contributed by atoms with Crippen LogP contribution in [0, 0.1) is 0 Å². The maximum Gasteiger partial charge on any atom is 0.127 e. The summed E-state index contributed by atoms with van der Waals surface area (Å²) in [5.41, 5.74) is 1.41. The van der Waals surface area contributed by atoms with Gasteiger partial charge in [0.2, 0.25) is 0 Å². The molecule has 68 valence electrons. The van der Waals surface area contributed by atoms with E-state index in [1.165, 1.54) is 15.6 Å². The third-order valence-corrected chi connectivity index (χ3v) is 3.25. The van der Waals surface area contributed by atoms with Crippen molar-refractivity contribution in [3.05, 3.63) is 29.1 Å². The second kappa shape index (κ2) is 3.38. The first-order chi connectivity index (χ1) is 6.36. The maximum atomic E-state index is 5.29. The van der Waals surface area contributed by atoms with Gasteiger partial charge in [-0.2, -0.15) is 0 Å². The van der Waals surface area contributed by atoms with Crippen molar-refractivity contribution < 1.29 is 4.74 Å². The van der Waals surface area contributed by atoms with Gasteiger partial charge < -0.3 is 4.74 Å². The van der Waals surface area contributed by atoms with Gasteiger partial charge >= 0.3 is 0 Å². The molecule has 0 aliphatic heterocycles. The van der Waals surface area contributed by atoms with Gasteiger partial charge in [0.15, 0.2) is 0 Å². The molecule has 13 heavy (non-hydrogen) atoms. The maximum absolute atomic E-state index is 5.29. The minimum absolute atomic E-state index is 0.980. The number of fused-ring (bicyclic) bond motifs is 1. The van der Waals surface area contributed by atoms with Crippen LogP contribution in [-0.4, -0.2) is 7.11 Å². The lowest BCUT2D eigenvalue weighted by atomic mass is 10.1. The minimum Gasteiger partial charge on any atom is -0.496 e. The van der Waals surface area contributed by atoms with Crippen molar-refractivity contribution in [2.45, 2.75) is 13.3 Å². The summed E-state index contributed by atoms with van der Waals surface area (Å²) in [6.45, 7) is 2.18. The Labute approximate surface area is 82.0 Å². The fourth-order valence-electron chi connectivity index (χ4n) is 1.55. The largest absolute Gasteiger partial charge is 0.496 e. The van der Waals surface area contributed by atoms with E-state index in [9.17, 15) is 0 Å². The molecule has 0 fully saturated rings. The van der Waals surface area contributed by atoms with Crippen molar-refractivity contribution in [3.8, 4) is 5.75 Å². The lowest BCUT2D eigenvalue weighted by Crippen LogP contribution is -1.85. The van der Waals surface area contributed by atoms with Gasteiger partial charge in [0.25, 0.3) is 0 Å². The van der Waals surface area contributed by atoms with Crippen LogP contribution < -0.4 is 4.74 Å². The Kier molecular flexibility index (Phi) is 2.23. The molecule has 0 aliphatic carbocycles. The number of methoxy groups -OCH3 is 1. The second-order valence-corrected chi connectivity index (χ2v) is 3.86. The number of rotatable bonds is 2. The minimum atomic E-state index is 0.980. The molecule has 0 N–H and O–H groups in total. The normalized spacial score (nSPS) is 10.6. The van der Waals surface area contributed by atoms with Gasteiger partial charge in [0.1, 0.15) is 5.75 Å². The summed E-state index contributed by atoms with van der Waals surface area (Å²) in [4.78, 5) is 0. The summed E-state index contributed by atoms with van der Waals surface area (Å²) in [7, 11) is 1.72. The topological polar surface area (TPSA) is 9.23 Å². The number of thiophene rings is 1. The van der Waals surface area contributed by atoms with Gasteiger partial charge in [-0.25, -0.2) is 0 Å². The standard InChI is InChI=1S/C11H12OS/c1-3-8-4-5-10(12-2)9-6-7-13-11(8)9/h4-7H,3H2,1-2H3. The molecular formula is C11H12OS. The summed E-state index contributed by atoms with van der Waals surface area (Å²) in [6, 6.07) is 6.32. The Balaban J connectivity index is 2.74. The molecule has 0 unspecified atom stereocenters. The van der Waals surface area contributed by atoms with Crippen LogP contribution in [0.1, 0.15) is 12.5 Å². The van der Waals surface area contributed by atoms with Crippen LogP contribution in [-0.2, 0) is 6.42 Å². The number of hydrogen-bond donors (Lipinski definition) is 0. The fraction of sp³-hybridized carbons (Fsp3) is 0.273. The zero-order chi connectivity index (χ0) is 9.26. The first-order valence-electron chi connectivity index (χ1n) is 4.40. The average molecular weight is 192 g/mol. The first kappa shape index (κ1) is 8.57. The van der Waals surface area contributed by atoms with E-state index in [1.807, 2.05) is 6.07 Å². The summed E-state index contributed by atoms with van der Waals surface area (Å²) in [5, 5.41) is 3.36. The highest BCUT2D eigenvalue weighted by atomic mass is 32.1. The van der Waals surface area contributed by atoms with Gasteiger partial charge in [-0.1, -0.05) is 13.0 Å². The molecule has 2 aromatic rings. The van der Waals surface area contributed by atoms with Gasteiger partial charge in [-0.15, -0.1) is 11.3 Å². The number of ether oxygens (including phenoxy) is 1. The smallest absolute Gasteiger partial charge is 0.127 e. The highest BCUT2D eigenvalue weighted by molar-refractivity contribution is 7.17. The third kappa shape index (κ3) is 1.31. The highest BCUT2D eigenvalue weighted by Gasteiger charge is 2.05. The lowest BCUT2D eigenvalue weighted by molar-refractivity contribution is 0.420. The van der Waals surface area contributed by atoms with E-state index >= 15 is 0 Å². The fourth-order valence-corrected chi connectivity index (χ4v) is 2.55. The van der Waals surface area contributed by atoms with Crippen LogP contribution in [0.15, 0.2) is 23.6 Å². The molecule has 1 nitrogen and oxygen atoms in total. The molecule has 0 spiro atoms. The summed E-state index contributed by atoms with van der Waals surface area (Å²) >= 11 is 1.79. The van der Waals surface area contributed by atoms with Crippen LogP contribution >= 0.6 is 11.3 Å². The Morgan fingerprint density at radius 1 is 1.31 bits per heavy atom. The van der Waals surface area contributed by atoms with E-state index in [4.69, 9.17) is 4.74 Å². The molecular weight excluding hydrogens is 180 g/mol. The Hall–Kier alpha value is -1.02. The van der Waals surface area contributed by atoms with E-state index in [1.54, 1.807) is 18.4 Å². The van der Waals surface area contributed by atoms with Gasteiger partial charge in [0.05, 0.1) is 7.11 Å². The lowest BCUT2D eigenvalue weighted by Gasteiger charge is -2.04. The molecule has 0 atom stereocenters. The van der Waals surface area contributed by atoms with E-state index < -0.39 is 0 Å². The van der Waals surface area contributed by atoms with Crippen molar-refractivity contribution in [2.75, 3.05) is 7.11 Å². The quantitative estimate of drug-likeness (QED) is 0.708. The van der Waals surface area contributed by atoms with Gasteiger partial charge in [-0.3, -0.25) is 0 Å². The average Bonchev–Trinajstić information content (AvgIpc) is 2.64. The molecule has 2 rings (SSSR count). The van der Waals surface area contributed by atoms with Crippen LogP contribution in [0.25, 0.3) is 10.1 Å². The molecule has 0 saturated carbocycles. The van der Waals surface area contributed by atoms with E-state index in [-0.39, 0.29) is 0 Å². The van der Waals surface area contributed by atoms with Gasteiger partial charge in [0, 0.05) is 10.1 Å². The molecule has 1 heterocycles. The van der Waals surface area contributed by atoms with Crippen molar-refractivity contribution in [2.24, 2.45) is 0 Å². The molecule has 0 radical (unpaired) electrons. The van der Waals surface area contributed by atoms with Crippen LogP contribution in [0.5, 0.6) is 5.75 Å². The summed E-state index contributed by atoms with van der Waals surface area (Å²) in [6.07, 6.45) is 1.08. The molecule has 0 bridgehead atoms. The predicted molar refractivity (Wildman–Crippen MR) is 57.8 cm³/mol. The Morgan fingerprint density at radius 3 is 2.85 bits per heavy atom. The first-order valence-corrected chi connectivity index (χ1v) is 5.28. The predicted octanol–water partition coefficient (Wildman–Crippen LogP) is 3.47. The van der Waals surface area contributed by atoms with Gasteiger partial charge in [-0.05, 0) is 29.5 Å². The molecule has 0 aliphatic rings. The number of aryl methyl sites for hydroxylation is 1.